The van der Waals surface area contributed by atoms with E-state index in [0.29, 0.717) is 56.3 Å². The molecule has 3 fully saturated rings. The van der Waals surface area contributed by atoms with Crippen molar-refractivity contribution < 1.29 is 19.1 Å². The van der Waals surface area contributed by atoms with Gasteiger partial charge in [-0.05, 0) is 56.7 Å². The summed E-state index contributed by atoms with van der Waals surface area (Å²) in [6, 6.07) is 7.29. The molecular formula is C26H36ClN3O4. The lowest BCUT2D eigenvalue weighted by atomic mass is 9.77. The Hall–Kier alpha value is -2.28. The van der Waals surface area contributed by atoms with E-state index in [2.05, 4.69) is 0 Å². The molecule has 0 radical (unpaired) electrons. The summed E-state index contributed by atoms with van der Waals surface area (Å²) in [5, 5.41) is 0.604. The summed E-state index contributed by atoms with van der Waals surface area (Å²) >= 11 is 6.13. The fourth-order valence-corrected chi connectivity index (χ4v) is 5.61. The lowest BCUT2D eigenvalue weighted by Gasteiger charge is -2.43. The number of rotatable bonds is 8. The summed E-state index contributed by atoms with van der Waals surface area (Å²) in [5.41, 5.74) is -0.436. The molecule has 1 atom stereocenters. The molecule has 1 aromatic carbocycles. The molecule has 1 aromatic rings. The lowest BCUT2D eigenvalue weighted by molar-refractivity contribution is -0.142. The highest BCUT2D eigenvalue weighted by Gasteiger charge is 2.41. The predicted molar refractivity (Wildman–Crippen MR) is 131 cm³/mol. The highest BCUT2D eigenvalue weighted by molar-refractivity contribution is 6.30. The van der Waals surface area contributed by atoms with E-state index >= 15 is 0 Å². The van der Waals surface area contributed by atoms with Crippen molar-refractivity contribution in [3.63, 3.8) is 0 Å². The second-order valence-corrected chi connectivity index (χ2v) is 10.5. The molecule has 4 rings (SSSR count). The van der Waals surface area contributed by atoms with E-state index in [1.54, 1.807) is 17.0 Å². The Labute approximate surface area is 207 Å². The third-order valence-corrected chi connectivity index (χ3v) is 7.59. The summed E-state index contributed by atoms with van der Waals surface area (Å²) in [7, 11) is 0. The summed E-state index contributed by atoms with van der Waals surface area (Å²) < 4.78 is 6.16. The molecule has 7 nitrogen and oxygen atoms in total. The zero-order valence-electron chi connectivity index (χ0n) is 20.0. The van der Waals surface area contributed by atoms with E-state index in [1.807, 2.05) is 21.9 Å². The van der Waals surface area contributed by atoms with Crippen LogP contribution in [0.5, 0.6) is 5.75 Å². The molecule has 0 unspecified atom stereocenters. The Morgan fingerprint density at radius 3 is 2.50 bits per heavy atom. The quantitative estimate of drug-likeness (QED) is 0.557. The maximum atomic E-state index is 13.3. The molecule has 0 bridgehead atoms. The summed E-state index contributed by atoms with van der Waals surface area (Å²) in [5.74, 6) is 1.03. The Balaban J connectivity index is 1.43. The zero-order valence-corrected chi connectivity index (χ0v) is 20.7. The Bertz CT molecular complexity index is 889. The van der Waals surface area contributed by atoms with Crippen molar-refractivity contribution in [1.82, 2.24) is 14.7 Å². The smallest absolute Gasteiger partial charge is 0.224 e. The average molecular weight is 490 g/mol. The Morgan fingerprint density at radius 1 is 0.971 bits per heavy atom. The number of ether oxygens (including phenoxy) is 1. The van der Waals surface area contributed by atoms with Crippen LogP contribution in [0.3, 0.4) is 0 Å². The van der Waals surface area contributed by atoms with E-state index < -0.39 is 5.41 Å². The average Bonchev–Trinajstić information content (AvgIpc) is 3.26. The Morgan fingerprint density at radius 2 is 1.76 bits per heavy atom. The number of hydrogen-bond acceptors (Lipinski definition) is 4. The second kappa shape index (κ2) is 11.4. The predicted octanol–water partition coefficient (Wildman–Crippen LogP) is 3.74. The van der Waals surface area contributed by atoms with Crippen LogP contribution in [0, 0.1) is 5.41 Å². The fraction of sp³-hybridized carbons (Fsp3) is 0.654. The van der Waals surface area contributed by atoms with Crippen LogP contribution in [0.25, 0.3) is 0 Å². The molecule has 0 saturated carbocycles. The minimum atomic E-state index is -0.436. The highest BCUT2D eigenvalue weighted by atomic mass is 35.5. The summed E-state index contributed by atoms with van der Waals surface area (Å²) in [6.45, 7) is 4.40. The normalized spacial score (nSPS) is 23.3. The molecule has 0 aliphatic carbocycles. The first-order valence-electron chi connectivity index (χ1n) is 12.7. The molecule has 34 heavy (non-hydrogen) atoms. The van der Waals surface area contributed by atoms with Crippen molar-refractivity contribution >= 4 is 29.3 Å². The molecule has 3 aliphatic heterocycles. The van der Waals surface area contributed by atoms with Gasteiger partial charge in [0.05, 0.1) is 6.61 Å². The van der Waals surface area contributed by atoms with Crippen LogP contribution in [0.2, 0.25) is 5.02 Å². The number of carbonyl (C=O) groups is 3. The zero-order chi connectivity index (χ0) is 24.0. The standard InChI is InChI=1S/C26H36ClN3O4/c27-21-7-4-8-22(17-21)34-20-26(18-25(33)28-12-2-1-3-13-28)11-6-15-30(19-26)24(32)10-16-29-14-5-9-23(29)31/h4,7-8,17H,1-3,5-6,9-16,18-20H2/t26-/m1/s1. The minimum Gasteiger partial charge on any atom is -0.493 e. The molecule has 3 heterocycles. The van der Waals surface area contributed by atoms with E-state index in [4.69, 9.17) is 16.3 Å². The monoisotopic (exact) mass is 489 g/mol. The molecule has 186 valence electrons. The molecule has 0 N–H and O–H groups in total. The third kappa shape index (κ3) is 6.44. The van der Waals surface area contributed by atoms with E-state index in [1.165, 1.54) is 6.42 Å². The van der Waals surface area contributed by atoms with Crippen molar-refractivity contribution in [2.45, 2.75) is 57.8 Å². The minimum absolute atomic E-state index is 0.0527. The van der Waals surface area contributed by atoms with Crippen molar-refractivity contribution in [2.75, 3.05) is 45.9 Å². The summed E-state index contributed by atoms with van der Waals surface area (Å²) in [4.78, 5) is 43.9. The van der Waals surface area contributed by atoms with E-state index in [-0.39, 0.29) is 17.7 Å². The van der Waals surface area contributed by atoms with Gasteiger partial charge in [0.1, 0.15) is 5.75 Å². The van der Waals surface area contributed by atoms with Crippen molar-refractivity contribution in [1.29, 1.82) is 0 Å². The lowest BCUT2D eigenvalue weighted by Crippen LogP contribution is -2.51. The highest BCUT2D eigenvalue weighted by Crippen LogP contribution is 2.36. The van der Waals surface area contributed by atoms with Crippen LogP contribution in [-0.2, 0) is 14.4 Å². The van der Waals surface area contributed by atoms with Gasteiger partial charge < -0.3 is 19.4 Å². The maximum Gasteiger partial charge on any atom is 0.224 e. The molecule has 3 saturated heterocycles. The fourth-order valence-electron chi connectivity index (χ4n) is 5.43. The SMILES string of the molecule is O=C1CCCN1CCC(=O)N1CCC[C@@](COc2cccc(Cl)c2)(CC(=O)N2CCCCC2)C1. The van der Waals surface area contributed by atoms with Crippen LogP contribution in [-0.4, -0.2) is 78.3 Å². The third-order valence-electron chi connectivity index (χ3n) is 7.36. The summed E-state index contributed by atoms with van der Waals surface area (Å²) in [6.07, 6.45) is 7.12. The van der Waals surface area contributed by atoms with Crippen molar-refractivity contribution in [3.8, 4) is 5.75 Å². The molecule has 0 spiro atoms. The second-order valence-electron chi connectivity index (χ2n) is 10.0. The van der Waals surface area contributed by atoms with E-state index in [9.17, 15) is 14.4 Å². The Kier molecular flexibility index (Phi) is 8.35. The molecule has 8 heteroatoms. The largest absolute Gasteiger partial charge is 0.493 e. The molecule has 3 amide bonds. The van der Waals surface area contributed by atoms with Gasteiger partial charge in [0, 0.05) is 69.0 Å². The van der Waals surface area contributed by atoms with Gasteiger partial charge in [-0.2, -0.15) is 0 Å². The van der Waals surface area contributed by atoms with Gasteiger partial charge in [0.2, 0.25) is 17.7 Å². The van der Waals surface area contributed by atoms with Crippen molar-refractivity contribution in [3.05, 3.63) is 29.3 Å². The number of halogens is 1. The molecule has 0 aromatic heterocycles. The first-order valence-corrected chi connectivity index (χ1v) is 13.0. The van der Waals surface area contributed by atoms with Crippen LogP contribution in [0.4, 0.5) is 0 Å². The first kappa shape index (κ1) is 24.8. The maximum absolute atomic E-state index is 13.3. The van der Waals surface area contributed by atoms with Crippen LogP contribution in [0.15, 0.2) is 24.3 Å². The topological polar surface area (TPSA) is 70.2 Å². The molecule has 3 aliphatic rings. The van der Waals surface area contributed by atoms with Gasteiger partial charge in [-0.25, -0.2) is 0 Å². The number of piperidine rings is 2. The number of hydrogen-bond donors (Lipinski definition) is 0. The number of amides is 3. The van der Waals surface area contributed by atoms with Gasteiger partial charge in [-0.1, -0.05) is 17.7 Å². The molecular weight excluding hydrogens is 454 g/mol. The number of nitrogens with zero attached hydrogens (tertiary/aromatic N) is 3. The number of likely N-dealkylation sites (tertiary alicyclic amines) is 3. The van der Waals surface area contributed by atoms with Gasteiger partial charge in [0.15, 0.2) is 0 Å². The van der Waals surface area contributed by atoms with Crippen LogP contribution in [0.1, 0.15) is 57.8 Å². The van der Waals surface area contributed by atoms with Gasteiger partial charge in [-0.3, -0.25) is 14.4 Å². The number of carbonyl (C=O) groups excluding carboxylic acids is 3. The van der Waals surface area contributed by atoms with Gasteiger partial charge in [0.25, 0.3) is 0 Å². The van der Waals surface area contributed by atoms with Gasteiger partial charge >= 0.3 is 0 Å². The van der Waals surface area contributed by atoms with Crippen LogP contribution >= 0.6 is 11.6 Å². The number of benzene rings is 1. The van der Waals surface area contributed by atoms with Gasteiger partial charge in [-0.15, -0.1) is 0 Å². The van der Waals surface area contributed by atoms with Crippen molar-refractivity contribution in [2.24, 2.45) is 5.41 Å². The van der Waals surface area contributed by atoms with Crippen LogP contribution < -0.4 is 4.74 Å². The van der Waals surface area contributed by atoms with E-state index in [0.717, 1.165) is 51.7 Å². The first-order chi connectivity index (χ1) is 16.4.